The largest absolute Gasteiger partial charge is 0.381 e. The van der Waals surface area contributed by atoms with Gasteiger partial charge >= 0.3 is 0 Å². The molecule has 2 nitrogen and oxygen atoms in total. The van der Waals surface area contributed by atoms with Crippen LogP contribution in [0.4, 0.5) is 5.69 Å². The third-order valence-corrected chi connectivity index (χ3v) is 3.87. The molecule has 0 spiro atoms. The highest BCUT2D eigenvalue weighted by molar-refractivity contribution is 6.33. The van der Waals surface area contributed by atoms with Crippen molar-refractivity contribution in [1.29, 1.82) is 5.26 Å². The van der Waals surface area contributed by atoms with E-state index in [1.807, 2.05) is 6.07 Å². The van der Waals surface area contributed by atoms with E-state index < -0.39 is 0 Å². The summed E-state index contributed by atoms with van der Waals surface area (Å²) in [5, 5.41) is 12.8. The van der Waals surface area contributed by atoms with Crippen LogP contribution in [0.1, 0.15) is 32.3 Å². The quantitative estimate of drug-likeness (QED) is 0.863. The zero-order chi connectivity index (χ0) is 11.8. The van der Waals surface area contributed by atoms with Gasteiger partial charge in [-0.25, -0.2) is 0 Å². The number of anilines is 1. The number of nitrogens with one attached hydrogen (secondary N) is 1. The van der Waals surface area contributed by atoms with Crippen LogP contribution in [0, 0.1) is 16.7 Å². The molecule has 1 atom stereocenters. The normalized spacial score (nSPS) is 18.6. The van der Waals surface area contributed by atoms with Gasteiger partial charge in [0, 0.05) is 6.04 Å². The summed E-state index contributed by atoms with van der Waals surface area (Å²) < 4.78 is 0. The molecular formula is C13H15ClN2. The molecule has 1 aromatic rings. The first-order valence-corrected chi connectivity index (χ1v) is 5.89. The van der Waals surface area contributed by atoms with Crippen molar-refractivity contribution in [2.75, 3.05) is 5.32 Å². The van der Waals surface area contributed by atoms with Gasteiger partial charge < -0.3 is 5.32 Å². The van der Waals surface area contributed by atoms with E-state index >= 15 is 0 Å². The molecule has 1 saturated carbocycles. The monoisotopic (exact) mass is 234 g/mol. The lowest BCUT2D eigenvalue weighted by atomic mass is 10.0. The summed E-state index contributed by atoms with van der Waals surface area (Å²) in [6.07, 6.45) is 2.55. The van der Waals surface area contributed by atoms with E-state index in [9.17, 15) is 0 Å². The molecule has 1 unspecified atom stereocenters. The lowest BCUT2D eigenvalue weighted by molar-refractivity contribution is 0.493. The predicted molar refractivity (Wildman–Crippen MR) is 66.6 cm³/mol. The van der Waals surface area contributed by atoms with Crippen LogP contribution >= 0.6 is 11.6 Å². The van der Waals surface area contributed by atoms with Crippen LogP contribution in [0.25, 0.3) is 0 Å². The maximum Gasteiger partial charge on any atom is 0.0992 e. The van der Waals surface area contributed by atoms with Gasteiger partial charge in [0.05, 0.1) is 22.3 Å². The van der Waals surface area contributed by atoms with Gasteiger partial charge in [0.25, 0.3) is 0 Å². The van der Waals surface area contributed by atoms with E-state index in [0.29, 0.717) is 22.0 Å². The summed E-state index contributed by atoms with van der Waals surface area (Å²) in [5.41, 5.74) is 1.93. The Morgan fingerprint density at radius 3 is 2.69 bits per heavy atom. The zero-order valence-electron chi connectivity index (χ0n) is 9.55. The SMILES string of the molecule is CC(Nc1ccc(C#N)cc1Cl)C1(C)CC1. The Balaban J connectivity index is 2.13. The summed E-state index contributed by atoms with van der Waals surface area (Å²) in [4.78, 5) is 0. The van der Waals surface area contributed by atoms with E-state index in [1.54, 1.807) is 12.1 Å². The third kappa shape index (κ3) is 2.15. The fourth-order valence-corrected chi connectivity index (χ4v) is 1.97. The molecule has 0 aliphatic heterocycles. The van der Waals surface area contributed by atoms with Crippen molar-refractivity contribution in [3.63, 3.8) is 0 Å². The fraction of sp³-hybridized carbons (Fsp3) is 0.462. The van der Waals surface area contributed by atoms with Crippen molar-refractivity contribution < 1.29 is 0 Å². The second kappa shape index (κ2) is 3.99. The van der Waals surface area contributed by atoms with E-state index in [2.05, 4.69) is 25.2 Å². The molecule has 16 heavy (non-hydrogen) atoms. The van der Waals surface area contributed by atoms with Crippen molar-refractivity contribution in [1.82, 2.24) is 0 Å². The second-order valence-corrected chi connectivity index (χ2v) is 5.23. The van der Waals surface area contributed by atoms with Gasteiger partial charge in [-0.2, -0.15) is 5.26 Å². The van der Waals surface area contributed by atoms with Crippen LogP contribution in [0.5, 0.6) is 0 Å². The molecule has 3 heteroatoms. The van der Waals surface area contributed by atoms with Gasteiger partial charge in [0.2, 0.25) is 0 Å². The first kappa shape index (κ1) is 11.3. The number of benzene rings is 1. The highest BCUT2D eigenvalue weighted by Crippen LogP contribution is 2.49. The number of halogens is 1. The summed E-state index contributed by atoms with van der Waals surface area (Å²) >= 11 is 6.11. The summed E-state index contributed by atoms with van der Waals surface area (Å²) in [5.74, 6) is 0. The Morgan fingerprint density at radius 1 is 1.50 bits per heavy atom. The molecule has 0 amide bonds. The highest BCUT2D eigenvalue weighted by Gasteiger charge is 2.42. The number of hydrogen-bond donors (Lipinski definition) is 1. The summed E-state index contributed by atoms with van der Waals surface area (Å²) in [7, 11) is 0. The Morgan fingerprint density at radius 2 is 2.19 bits per heavy atom. The molecule has 1 fully saturated rings. The first-order chi connectivity index (χ1) is 7.55. The number of nitriles is 1. The molecule has 84 valence electrons. The van der Waals surface area contributed by atoms with Gasteiger partial charge in [-0.1, -0.05) is 18.5 Å². The van der Waals surface area contributed by atoms with Crippen LogP contribution in [0.2, 0.25) is 5.02 Å². The number of rotatable bonds is 3. The Kier molecular flexibility index (Phi) is 2.82. The van der Waals surface area contributed by atoms with Crippen molar-refractivity contribution in [3.8, 4) is 6.07 Å². The number of hydrogen-bond acceptors (Lipinski definition) is 2. The molecule has 0 radical (unpaired) electrons. The Bertz CT molecular complexity index is 444. The zero-order valence-corrected chi connectivity index (χ0v) is 10.3. The fourth-order valence-electron chi connectivity index (χ4n) is 1.74. The van der Waals surface area contributed by atoms with Crippen molar-refractivity contribution in [2.45, 2.75) is 32.7 Å². The van der Waals surface area contributed by atoms with Crippen molar-refractivity contribution in [2.24, 2.45) is 5.41 Å². The maximum absolute atomic E-state index is 8.75. The van der Waals surface area contributed by atoms with Crippen LogP contribution in [-0.2, 0) is 0 Å². The molecule has 1 aliphatic carbocycles. The van der Waals surface area contributed by atoms with Gasteiger partial charge in [0.1, 0.15) is 0 Å². The van der Waals surface area contributed by atoms with Crippen LogP contribution in [0.3, 0.4) is 0 Å². The van der Waals surface area contributed by atoms with Crippen LogP contribution in [-0.4, -0.2) is 6.04 Å². The minimum absolute atomic E-state index is 0.414. The first-order valence-electron chi connectivity index (χ1n) is 5.51. The van der Waals surface area contributed by atoms with E-state index in [-0.39, 0.29) is 0 Å². The Hall–Kier alpha value is -1.20. The van der Waals surface area contributed by atoms with E-state index in [4.69, 9.17) is 16.9 Å². The molecule has 0 bridgehead atoms. The Labute approximate surface area is 101 Å². The lowest BCUT2D eigenvalue weighted by Crippen LogP contribution is -2.25. The van der Waals surface area contributed by atoms with Gasteiger partial charge in [-0.3, -0.25) is 0 Å². The number of nitrogens with zero attached hydrogens (tertiary/aromatic N) is 1. The van der Waals surface area contributed by atoms with Crippen molar-refractivity contribution >= 4 is 17.3 Å². The summed E-state index contributed by atoms with van der Waals surface area (Å²) in [6.45, 7) is 4.46. The molecule has 1 N–H and O–H groups in total. The average molecular weight is 235 g/mol. The predicted octanol–water partition coefficient (Wildman–Crippen LogP) is 3.81. The third-order valence-electron chi connectivity index (χ3n) is 3.55. The second-order valence-electron chi connectivity index (χ2n) is 4.83. The molecule has 2 rings (SSSR count). The standard InChI is InChI=1S/C13H15ClN2/c1-9(13(2)5-6-13)16-12-4-3-10(8-15)7-11(12)14/h3-4,7,9,16H,5-6H2,1-2H3. The summed E-state index contributed by atoms with van der Waals surface area (Å²) in [6, 6.07) is 7.86. The van der Waals surface area contributed by atoms with Gasteiger partial charge in [-0.15, -0.1) is 0 Å². The molecule has 1 aromatic carbocycles. The smallest absolute Gasteiger partial charge is 0.0992 e. The minimum atomic E-state index is 0.414. The molecule has 0 aromatic heterocycles. The molecular weight excluding hydrogens is 220 g/mol. The topological polar surface area (TPSA) is 35.8 Å². The van der Waals surface area contributed by atoms with Gasteiger partial charge in [-0.05, 0) is 43.4 Å². The minimum Gasteiger partial charge on any atom is -0.381 e. The molecule has 1 aliphatic rings. The van der Waals surface area contributed by atoms with Gasteiger partial charge in [0.15, 0.2) is 0 Å². The highest BCUT2D eigenvalue weighted by atomic mass is 35.5. The maximum atomic E-state index is 8.75. The lowest BCUT2D eigenvalue weighted by Gasteiger charge is -2.22. The van der Waals surface area contributed by atoms with E-state index in [1.165, 1.54) is 12.8 Å². The molecule has 0 heterocycles. The van der Waals surface area contributed by atoms with Crippen molar-refractivity contribution in [3.05, 3.63) is 28.8 Å². The molecule has 0 saturated heterocycles. The van der Waals surface area contributed by atoms with Crippen LogP contribution in [0.15, 0.2) is 18.2 Å². The van der Waals surface area contributed by atoms with E-state index in [0.717, 1.165) is 5.69 Å². The van der Waals surface area contributed by atoms with Crippen LogP contribution < -0.4 is 5.32 Å². The average Bonchev–Trinajstić information content (AvgIpc) is 3.01.